The molecule has 0 spiro atoms. The highest BCUT2D eigenvalue weighted by Gasteiger charge is 2.24. The summed E-state index contributed by atoms with van der Waals surface area (Å²) in [5, 5.41) is 0. The Morgan fingerprint density at radius 2 is 1.79 bits per heavy atom. The van der Waals surface area contributed by atoms with E-state index in [1.807, 2.05) is 30.1 Å². The van der Waals surface area contributed by atoms with Crippen LogP contribution in [0.5, 0.6) is 0 Å². The molecule has 1 aromatic carbocycles. The number of carbonyl (C=O) groups is 1. The van der Waals surface area contributed by atoms with E-state index in [1.165, 1.54) is 31.2 Å². The Labute approximate surface area is 116 Å². The van der Waals surface area contributed by atoms with E-state index in [0.717, 1.165) is 12.3 Å². The molecule has 1 fully saturated rings. The first-order chi connectivity index (χ1) is 9.16. The zero-order valence-corrected chi connectivity index (χ0v) is 12.1. The van der Waals surface area contributed by atoms with E-state index in [2.05, 4.69) is 19.1 Å². The Hall–Kier alpha value is -1.31. The molecule has 0 aliphatic heterocycles. The molecule has 1 aromatic rings. The molecule has 0 atom stereocenters. The van der Waals surface area contributed by atoms with Gasteiger partial charge in [-0.05, 0) is 43.6 Å². The predicted octanol–water partition coefficient (Wildman–Crippen LogP) is 3.66. The van der Waals surface area contributed by atoms with Crippen LogP contribution in [0.4, 0.5) is 0 Å². The largest absolute Gasteiger partial charge is 0.343 e. The van der Waals surface area contributed by atoms with Gasteiger partial charge >= 0.3 is 0 Å². The van der Waals surface area contributed by atoms with Gasteiger partial charge < -0.3 is 4.90 Å². The van der Waals surface area contributed by atoms with E-state index in [1.54, 1.807) is 0 Å². The zero-order chi connectivity index (χ0) is 13.7. The van der Waals surface area contributed by atoms with Crippen LogP contribution in [0.15, 0.2) is 30.3 Å². The second-order valence-corrected chi connectivity index (χ2v) is 5.90. The number of aryl methyl sites for hydroxylation is 1. The number of carbonyl (C=O) groups excluding carboxylic acids is 1. The minimum absolute atomic E-state index is 0.295. The third kappa shape index (κ3) is 4.09. The van der Waals surface area contributed by atoms with Crippen LogP contribution >= 0.6 is 0 Å². The first kappa shape index (κ1) is 14.1. The molecule has 19 heavy (non-hydrogen) atoms. The average Bonchev–Trinajstić information content (AvgIpc) is 2.46. The lowest BCUT2D eigenvalue weighted by molar-refractivity contribution is -0.132. The SMILES string of the molecule is CC1CCC(N(C)C(=O)CCc2ccccc2)CC1. The Morgan fingerprint density at radius 1 is 1.16 bits per heavy atom. The first-order valence-corrected chi connectivity index (χ1v) is 7.46. The van der Waals surface area contributed by atoms with Crippen LogP contribution in [-0.2, 0) is 11.2 Å². The van der Waals surface area contributed by atoms with Gasteiger partial charge in [0.15, 0.2) is 0 Å². The van der Waals surface area contributed by atoms with E-state index in [0.29, 0.717) is 18.4 Å². The second-order valence-electron chi connectivity index (χ2n) is 5.90. The number of benzene rings is 1. The van der Waals surface area contributed by atoms with Gasteiger partial charge in [0.1, 0.15) is 0 Å². The van der Waals surface area contributed by atoms with Crippen molar-refractivity contribution in [1.82, 2.24) is 4.90 Å². The number of hydrogen-bond acceptors (Lipinski definition) is 1. The summed E-state index contributed by atoms with van der Waals surface area (Å²) in [6.45, 7) is 2.31. The summed E-state index contributed by atoms with van der Waals surface area (Å²) in [5.74, 6) is 1.13. The Bertz CT molecular complexity index is 393. The smallest absolute Gasteiger partial charge is 0.222 e. The summed E-state index contributed by atoms with van der Waals surface area (Å²) in [5.41, 5.74) is 1.25. The molecule has 0 unspecified atom stereocenters. The number of amides is 1. The summed E-state index contributed by atoms with van der Waals surface area (Å²) < 4.78 is 0. The molecule has 2 heteroatoms. The second kappa shape index (κ2) is 6.74. The fraction of sp³-hybridized carbons (Fsp3) is 0.588. The summed E-state index contributed by atoms with van der Waals surface area (Å²) >= 11 is 0. The van der Waals surface area contributed by atoms with Crippen LogP contribution in [0.1, 0.15) is 44.6 Å². The summed E-state index contributed by atoms with van der Waals surface area (Å²) in [6, 6.07) is 10.7. The number of nitrogens with zero attached hydrogens (tertiary/aromatic N) is 1. The van der Waals surface area contributed by atoms with Crippen LogP contribution in [-0.4, -0.2) is 23.9 Å². The van der Waals surface area contributed by atoms with Crippen molar-refractivity contribution in [3.63, 3.8) is 0 Å². The number of rotatable bonds is 4. The fourth-order valence-corrected chi connectivity index (χ4v) is 2.91. The van der Waals surface area contributed by atoms with Gasteiger partial charge in [0.05, 0.1) is 0 Å². The van der Waals surface area contributed by atoms with Gasteiger partial charge in [0, 0.05) is 19.5 Å². The van der Waals surface area contributed by atoms with Gasteiger partial charge in [-0.2, -0.15) is 0 Å². The summed E-state index contributed by atoms with van der Waals surface area (Å²) in [6.07, 6.45) is 6.37. The zero-order valence-electron chi connectivity index (χ0n) is 12.1. The summed E-state index contributed by atoms with van der Waals surface area (Å²) in [7, 11) is 1.98. The minimum atomic E-state index is 0.295. The molecule has 0 bridgehead atoms. The van der Waals surface area contributed by atoms with E-state index in [9.17, 15) is 4.79 Å². The molecule has 1 aliphatic rings. The van der Waals surface area contributed by atoms with Crippen LogP contribution < -0.4 is 0 Å². The van der Waals surface area contributed by atoms with Crippen molar-refractivity contribution in [2.75, 3.05) is 7.05 Å². The molecule has 1 saturated carbocycles. The maximum Gasteiger partial charge on any atom is 0.222 e. The van der Waals surface area contributed by atoms with E-state index < -0.39 is 0 Å². The van der Waals surface area contributed by atoms with E-state index in [-0.39, 0.29) is 0 Å². The standard InChI is InChI=1S/C17H25NO/c1-14-8-11-16(12-9-14)18(2)17(19)13-10-15-6-4-3-5-7-15/h3-7,14,16H,8-13H2,1-2H3. The lowest BCUT2D eigenvalue weighted by Gasteiger charge is -2.33. The predicted molar refractivity (Wildman–Crippen MR) is 79.0 cm³/mol. The van der Waals surface area contributed by atoms with E-state index in [4.69, 9.17) is 0 Å². The lowest BCUT2D eigenvalue weighted by Crippen LogP contribution is -2.39. The maximum absolute atomic E-state index is 12.2. The van der Waals surface area contributed by atoms with Crippen molar-refractivity contribution in [3.8, 4) is 0 Å². The van der Waals surface area contributed by atoms with Crippen molar-refractivity contribution in [1.29, 1.82) is 0 Å². The quantitative estimate of drug-likeness (QED) is 0.808. The highest BCUT2D eigenvalue weighted by molar-refractivity contribution is 5.76. The van der Waals surface area contributed by atoms with Gasteiger partial charge in [0.2, 0.25) is 5.91 Å². The van der Waals surface area contributed by atoms with Gasteiger partial charge in [-0.15, -0.1) is 0 Å². The van der Waals surface area contributed by atoms with Crippen LogP contribution in [0.2, 0.25) is 0 Å². The highest BCUT2D eigenvalue weighted by Crippen LogP contribution is 2.26. The minimum Gasteiger partial charge on any atom is -0.343 e. The van der Waals surface area contributed by atoms with Crippen LogP contribution in [0.25, 0.3) is 0 Å². The molecule has 2 nitrogen and oxygen atoms in total. The third-order valence-electron chi connectivity index (χ3n) is 4.40. The molecule has 104 valence electrons. The molecular formula is C17H25NO. The van der Waals surface area contributed by atoms with E-state index >= 15 is 0 Å². The molecular weight excluding hydrogens is 234 g/mol. The molecule has 0 heterocycles. The van der Waals surface area contributed by atoms with Gasteiger partial charge in [-0.1, -0.05) is 37.3 Å². The van der Waals surface area contributed by atoms with Gasteiger partial charge in [-0.3, -0.25) is 4.79 Å². The molecule has 0 N–H and O–H groups in total. The van der Waals surface area contributed by atoms with Gasteiger partial charge in [-0.25, -0.2) is 0 Å². The van der Waals surface area contributed by atoms with Gasteiger partial charge in [0.25, 0.3) is 0 Å². The third-order valence-corrected chi connectivity index (χ3v) is 4.40. The Morgan fingerprint density at radius 3 is 2.42 bits per heavy atom. The van der Waals surface area contributed by atoms with Crippen molar-refractivity contribution in [2.24, 2.45) is 5.92 Å². The molecule has 1 aliphatic carbocycles. The topological polar surface area (TPSA) is 20.3 Å². The van der Waals surface area contributed by atoms with Crippen molar-refractivity contribution in [3.05, 3.63) is 35.9 Å². The molecule has 0 radical (unpaired) electrons. The molecule has 0 aromatic heterocycles. The Kier molecular flexibility index (Phi) is 5.00. The van der Waals surface area contributed by atoms with Crippen LogP contribution in [0, 0.1) is 5.92 Å². The highest BCUT2D eigenvalue weighted by atomic mass is 16.2. The first-order valence-electron chi connectivity index (χ1n) is 7.46. The normalized spacial score (nSPS) is 23.1. The molecule has 1 amide bonds. The van der Waals surface area contributed by atoms with Crippen LogP contribution in [0.3, 0.4) is 0 Å². The maximum atomic E-state index is 12.2. The monoisotopic (exact) mass is 259 g/mol. The lowest BCUT2D eigenvalue weighted by atomic mass is 9.86. The molecule has 0 saturated heterocycles. The van der Waals surface area contributed by atoms with Crippen molar-refractivity contribution >= 4 is 5.91 Å². The Balaban J connectivity index is 1.79. The fourth-order valence-electron chi connectivity index (χ4n) is 2.91. The average molecular weight is 259 g/mol. The molecule has 2 rings (SSSR count). The number of hydrogen-bond donors (Lipinski definition) is 0. The van der Waals surface area contributed by atoms with Crippen molar-refractivity contribution in [2.45, 2.75) is 51.5 Å². The van der Waals surface area contributed by atoms with Crippen molar-refractivity contribution < 1.29 is 4.79 Å². The summed E-state index contributed by atoms with van der Waals surface area (Å²) in [4.78, 5) is 14.2.